The summed E-state index contributed by atoms with van der Waals surface area (Å²) in [6.45, 7) is 2.15. The molecule has 6 nitrogen and oxygen atoms in total. The quantitative estimate of drug-likeness (QED) is 0.275. The number of carbonyl (C=O) groups excluding carboxylic acids is 1. The smallest absolute Gasteiger partial charge is 0.352 e. The zero-order chi connectivity index (χ0) is 23.8. The molecular formula is C25H21FINO5. The molecule has 0 radical (unpaired) electrons. The van der Waals surface area contributed by atoms with Crippen molar-refractivity contribution in [2.45, 2.75) is 13.5 Å². The van der Waals surface area contributed by atoms with E-state index in [0.29, 0.717) is 38.4 Å². The number of aliphatic carboxylic acids is 1. The third-order valence-electron chi connectivity index (χ3n) is 4.49. The number of rotatable bonds is 9. The molecule has 0 fully saturated rings. The van der Waals surface area contributed by atoms with E-state index < -0.39 is 11.9 Å². The van der Waals surface area contributed by atoms with Gasteiger partial charge < -0.3 is 19.9 Å². The van der Waals surface area contributed by atoms with Crippen LogP contribution < -0.4 is 14.8 Å². The predicted molar refractivity (Wildman–Crippen MR) is 131 cm³/mol. The van der Waals surface area contributed by atoms with Gasteiger partial charge in [-0.05, 0) is 71.5 Å². The Morgan fingerprint density at radius 1 is 1.06 bits per heavy atom. The molecule has 3 aromatic carbocycles. The molecule has 0 aromatic heterocycles. The first-order chi connectivity index (χ1) is 15.9. The minimum Gasteiger partial charge on any atom is -0.490 e. The summed E-state index contributed by atoms with van der Waals surface area (Å²) in [5.41, 5.74) is 0.941. The van der Waals surface area contributed by atoms with Gasteiger partial charge in [0.05, 0.1) is 10.2 Å². The maximum Gasteiger partial charge on any atom is 0.352 e. The minimum absolute atomic E-state index is 0.00540. The van der Waals surface area contributed by atoms with Crippen LogP contribution in [0, 0.1) is 9.39 Å². The van der Waals surface area contributed by atoms with Crippen LogP contribution in [-0.4, -0.2) is 23.6 Å². The van der Waals surface area contributed by atoms with E-state index in [1.165, 1.54) is 12.1 Å². The molecule has 3 rings (SSSR count). The van der Waals surface area contributed by atoms with Crippen molar-refractivity contribution in [3.63, 3.8) is 0 Å². The number of carboxylic acid groups (broad SMARTS) is 1. The molecule has 0 bridgehead atoms. The van der Waals surface area contributed by atoms with Gasteiger partial charge in [-0.15, -0.1) is 0 Å². The second-order valence-electron chi connectivity index (χ2n) is 6.83. The molecule has 8 heteroatoms. The largest absolute Gasteiger partial charge is 0.490 e. The standard InChI is InChI=1S/C25H21FINO5/c1-2-32-22-14-16(12-20(27)23(22)33-15-18-10-6-7-11-19(18)26)13-21(25(30)31)28-24(29)17-8-4-3-5-9-17/h3-14H,2,15H2,1H3,(H,28,29)(H,30,31)/b21-13+. The van der Waals surface area contributed by atoms with Gasteiger partial charge in [-0.3, -0.25) is 4.79 Å². The summed E-state index contributed by atoms with van der Waals surface area (Å²) < 4.78 is 26.1. The molecule has 1 amide bonds. The summed E-state index contributed by atoms with van der Waals surface area (Å²) in [5.74, 6) is -1.39. The SMILES string of the molecule is CCOc1cc(/C=C(/NC(=O)c2ccccc2)C(=O)O)cc(I)c1OCc1ccccc1F. The molecule has 170 valence electrons. The van der Waals surface area contributed by atoms with Crippen molar-refractivity contribution in [1.82, 2.24) is 5.32 Å². The monoisotopic (exact) mass is 561 g/mol. The highest BCUT2D eigenvalue weighted by Crippen LogP contribution is 2.35. The Kier molecular flexibility index (Phi) is 8.42. The summed E-state index contributed by atoms with van der Waals surface area (Å²) in [7, 11) is 0. The van der Waals surface area contributed by atoms with Gasteiger partial charge in [-0.25, -0.2) is 9.18 Å². The molecule has 2 N–H and O–H groups in total. The highest BCUT2D eigenvalue weighted by atomic mass is 127. The number of amides is 1. The van der Waals surface area contributed by atoms with Crippen molar-refractivity contribution in [3.8, 4) is 11.5 Å². The number of hydrogen-bond acceptors (Lipinski definition) is 4. The lowest BCUT2D eigenvalue weighted by Crippen LogP contribution is -2.27. The maximum atomic E-state index is 13.9. The Labute approximate surface area is 204 Å². The van der Waals surface area contributed by atoms with Crippen molar-refractivity contribution >= 4 is 40.5 Å². The lowest BCUT2D eigenvalue weighted by atomic mass is 10.1. The Morgan fingerprint density at radius 2 is 1.76 bits per heavy atom. The van der Waals surface area contributed by atoms with Crippen molar-refractivity contribution in [3.05, 3.63) is 98.5 Å². The fourth-order valence-corrected chi connectivity index (χ4v) is 3.72. The lowest BCUT2D eigenvalue weighted by molar-refractivity contribution is -0.132. The summed E-state index contributed by atoms with van der Waals surface area (Å²) in [4.78, 5) is 24.1. The summed E-state index contributed by atoms with van der Waals surface area (Å²) >= 11 is 2.04. The third-order valence-corrected chi connectivity index (χ3v) is 5.29. The summed E-state index contributed by atoms with van der Waals surface area (Å²) in [6, 6.07) is 17.9. The van der Waals surface area contributed by atoms with Crippen LogP contribution in [-0.2, 0) is 11.4 Å². The molecule has 0 aliphatic rings. The van der Waals surface area contributed by atoms with E-state index in [0.717, 1.165) is 0 Å². The Hall–Kier alpha value is -3.40. The molecule has 0 spiro atoms. The van der Waals surface area contributed by atoms with Crippen molar-refractivity contribution in [2.75, 3.05) is 6.61 Å². The first-order valence-corrected chi connectivity index (χ1v) is 11.1. The number of carbonyl (C=O) groups is 2. The number of halogens is 2. The predicted octanol–water partition coefficient (Wildman–Crippen LogP) is 5.26. The van der Waals surface area contributed by atoms with E-state index >= 15 is 0 Å². The molecule has 0 aliphatic heterocycles. The van der Waals surface area contributed by atoms with E-state index in [2.05, 4.69) is 5.32 Å². The number of hydrogen-bond donors (Lipinski definition) is 2. The topological polar surface area (TPSA) is 84.9 Å². The Morgan fingerprint density at radius 3 is 2.42 bits per heavy atom. The van der Waals surface area contributed by atoms with Crippen molar-refractivity contribution in [1.29, 1.82) is 0 Å². The van der Waals surface area contributed by atoms with Gasteiger partial charge in [0, 0.05) is 11.1 Å². The summed E-state index contributed by atoms with van der Waals surface area (Å²) in [5, 5.41) is 12.0. The zero-order valence-electron chi connectivity index (χ0n) is 17.7. The van der Waals surface area contributed by atoms with Crippen LogP contribution in [0.1, 0.15) is 28.4 Å². The van der Waals surface area contributed by atoms with E-state index in [-0.39, 0.29) is 18.1 Å². The molecule has 3 aromatic rings. The zero-order valence-corrected chi connectivity index (χ0v) is 19.8. The van der Waals surface area contributed by atoms with Crippen LogP contribution in [0.5, 0.6) is 11.5 Å². The van der Waals surface area contributed by atoms with Crippen LogP contribution in [0.25, 0.3) is 6.08 Å². The summed E-state index contributed by atoms with van der Waals surface area (Å²) in [6.07, 6.45) is 1.34. The molecule has 0 saturated heterocycles. The normalized spacial score (nSPS) is 11.1. The average molecular weight is 561 g/mol. The van der Waals surface area contributed by atoms with Gasteiger partial charge in [-0.1, -0.05) is 36.4 Å². The highest BCUT2D eigenvalue weighted by Gasteiger charge is 2.16. The Balaban J connectivity index is 1.88. The molecule has 0 atom stereocenters. The van der Waals surface area contributed by atoms with Gasteiger partial charge >= 0.3 is 5.97 Å². The second kappa shape index (κ2) is 11.5. The number of ether oxygens (including phenoxy) is 2. The number of benzene rings is 3. The molecule has 0 heterocycles. The molecule has 0 unspecified atom stereocenters. The van der Waals surface area contributed by atoms with Gasteiger partial charge in [0.25, 0.3) is 5.91 Å². The first-order valence-electron chi connectivity index (χ1n) is 10.0. The van der Waals surface area contributed by atoms with Gasteiger partial charge in [-0.2, -0.15) is 0 Å². The highest BCUT2D eigenvalue weighted by molar-refractivity contribution is 14.1. The molecule has 33 heavy (non-hydrogen) atoms. The fraction of sp³-hybridized carbons (Fsp3) is 0.120. The second-order valence-corrected chi connectivity index (χ2v) is 7.99. The average Bonchev–Trinajstić information content (AvgIpc) is 2.80. The van der Waals surface area contributed by atoms with Gasteiger partial charge in [0.1, 0.15) is 18.1 Å². The third kappa shape index (κ3) is 6.55. The van der Waals surface area contributed by atoms with E-state index in [1.807, 2.05) is 22.6 Å². The van der Waals surface area contributed by atoms with E-state index in [1.54, 1.807) is 67.6 Å². The van der Waals surface area contributed by atoms with Gasteiger partial charge in [0.2, 0.25) is 0 Å². The fourth-order valence-electron chi connectivity index (χ4n) is 2.94. The number of carboxylic acids is 1. The van der Waals surface area contributed by atoms with Crippen molar-refractivity contribution in [2.24, 2.45) is 0 Å². The number of nitrogens with one attached hydrogen (secondary N) is 1. The van der Waals surface area contributed by atoms with Gasteiger partial charge in [0.15, 0.2) is 11.5 Å². The molecule has 0 saturated carbocycles. The van der Waals surface area contributed by atoms with E-state index in [4.69, 9.17) is 9.47 Å². The molecular weight excluding hydrogens is 540 g/mol. The molecule has 0 aliphatic carbocycles. The Bertz CT molecular complexity index is 1180. The lowest BCUT2D eigenvalue weighted by Gasteiger charge is -2.15. The first kappa shape index (κ1) is 24.2. The maximum absolute atomic E-state index is 13.9. The van der Waals surface area contributed by atoms with Crippen LogP contribution in [0.4, 0.5) is 4.39 Å². The van der Waals surface area contributed by atoms with Crippen LogP contribution >= 0.6 is 22.6 Å². The van der Waals surface area contributed by atoms with Crippen LogP contribution in [0.2, 0.25) is 0 Å². The van der Waals surface area contributed by atoms with E-state index in [9.17, 15) is 19.1 Å². The minimum atomic E-state index is -1.29. The van der Waals surface area contributed by atoms with Crippen LogP contribution in [0.15, 0.2) is 72.4 Å². The van der Waals surface area contributed by atoms with Crippen molar-refractivity contribution < 1.29 is 28.6 Å². The van der Waals surface area contributed by atoms with Crippen LogP contribution in [0.3, 0.4) is 0 Å².